The first-order valence-electron chi connectivity index (χ1n) is 5.90. The van der Waals surface area contributed by atoms with Gasteiger partial charge < -0.3 is 10.0 Å². The first kappa shape index (κ1) is 14.7. The number of carboxylic acid groups (broad SMARTS) is 1. The van der Waals surface area contributed by atoms with E-state index >= 15 is 0 Å². The summed E-state index contributed by atoms with van der Waals surface area (Å²) in [7, 11) is 3.11. The Morgan fingerprint density at radius 2 is 1.89 bits per heavy atom. The molecule has 1 aliphatic heterocycles. The highest BCUT2D eigenvalue weighted by Gasteiger charge is 2.60. The number of hydrogen-bond donors (Lipinski definition) is 1. The fourth-order valence-electron chi connectivity index (χ4n) is 2.70. The van der Waals surface area contributed by atoms with Crippen molar-refractivity contribution < 1.29 is 19.1 Å². The van der Waals surface area contributed by atoms with Crippen molar-refractivity contribution in [3.8, 4) is 0 Å². The molecule has 0 bridgehead atoms. The van der Waals surface area contributed by atoms with Crippen LogP contribution in [0.3, 0.4) is 0 Å². The SMILES string of the molecule is CN(C)C(=O)[C@]1(C(C)(C)C)C[C@H](F)CN1C(=O)O. The van der Waals surface area contributed by atoms with Gasteiger partial charge in [0.2, 0.25) is 5.91 Å². The van der Waals surface area contributed by atoms with Crippen LogP contribution in [0.2, 0.25) is 0 Å². The summed E-state index contributed by atoms with van der Waals surface area (Å²) in [6, 6.07) is 0. The maximum Gasteiger partial charge on any atom is 0.408 e. The van der Waals surface area contributed by atoms with Gasteiger partial charge in [-0.3, -0.25) is 9.69 Å². The van der Waals surface area contributed by atoms with E-state index in [9.17, 15) is 19.1 Å². The highest BCUT2D eigenvalue weighted by molar-refractivity contribution is 5.91. The number of carbonyl (C=O) groups is 2. The lowest BCUT2D eigenvalue weighted by molar-refractivity contribution is -0.146. The van der Waals surface area contributed by atoms with Gasteiger partial charge in [0.05, 0.1) is 6.54 Å². The first-order chi connectivity index (χ1) is 8.04. The highest BCUT2D eigenvalue weighted by Crippen LogP contribution is 2.45. The molecular weight excluding hydrogens is 239 g/mol. The van der Waals surface area contributed by atoms with Crippen LogP contribution in [0.15, 0.2) is 0 Å². The highest BCUT2D eigenvalue weighted by atomic mass is 19.1. The molecule has 0 saturated carbocycles. The summed E-state index contributed by atoms with van der Waals surface area (Å²) in [6.07, 6.45) is -2.63. The monoisotopic (exact) mass is 260 g/mol. The summed E-state index contributed by atoms with van der Waals surface area (Å²) >= 11 is 0. The Kier molecular flexibility index (Phi) is 3.60. The lowest BCUT2D eigenvalue weighted by Crippen LogP contribution is -2.63. The maximum absolute atomic E-state index is 13.7. The smallest absolute Gasteiger partial charge is 0.408 e. The van der Waals surface area contributed by atoms with Crippen LogP contribution < -0.4 is 0 Å². The third kappa shape index (κ3) is 2.04. The van der Waals surface area contributed by atoms with Gasteiger partial charge in [0.25, 0.3) is 0 Å². The van der Waals surface area contributed by atoms with Gasteiger partial charge >= 0.3 is 6.09 Å². The lowest BCUT2D eigenvalue weighted by Gasteiger charge is -2.46. The summed E-state index contributed by atoms with van der Waals surface area (Å²) in [5.74, 6) is -0.363. The zero-order chi connectivity index (χ0) is 14.3. The van der Waals surface area contributed by atoms with Crippen LogP contribution in [0.5, 0.6) is 0 Å². The van der Waals surface area contributed by atoms with Crippen LogP contribution in [0.25, 0.3) is 0 Å². The zero-order valence-corrected chi connectivity index (χ0v) is 11.5. The van der Waals surface area contributed by atoms with Crippen LogP contribution in [0.1, 0.15) is 27.2 Å². The average molecular weight is 260 g/mol. The molecule has 6 heteroatoms. The quantitative estimate of drug-likeness (QED) is 0.778. The Hall–Kier alpha value is -1.33. The Morgan fingerprint density at radius 3 is 2.22 bits per heavy atom. The molecule has 0 aromatic rings. The number of alkyl halides is 1. The average Bonchev–Trinajstić information content (AvgIpc) is 2.55. The van der Waals surface area contributed by atoms with Crippen LogP contribution in [0, 0.1) is 5.41 Å². The summed E-state index contributed by atoms with van der Waals surface area (Å²) in [6.45, 7) is 5.05. The van der Waals surface area contributed by atoms with Crippen molar-refractivity contribution in [2.24, 2.45) is 5.41 Å². The fraction of sp³-hybridized carbons (Fsp3) is 0.833. The number of carbonyl (C=O) groups excluding carboxylic acids is 1. The first-order valence-corrected chi connectivity index (χ1v) is 5.90. The fourth-order valence-corrected chi connectivity index (χ4v) is 2.70. The van der Waals surface area contributed by atoms with E-state index < -0.39 is 23.2 Å². The zero-order valence-electron chi connectivity index (χ0n) is 11.5. The predicted molar refractivity (Wildman–Crippen MR) is 65.1 cm³/mol. The molecule has 1 saturated heterocycles. The summed E-state index contributed by atoms with van der Waals surface area (Å²) in [5, 5.41) is 9.25. The molecule has 0 spiro atoms. The molecule has 5 nitrogen and oxygen atoms in total. The Bertz CT molecular complexity index is 365. The van der Waals surface area contributed by atoms with E-state index in [1.54, 1.807) is 34.9 Å². The van der Waals surface area contributed by atoms with Gasteiger partial charge in [-0.25, -0.2) is 9.18 Å². The van der Waals surface area contributed by atoms with Crippen molar-refractivity contribution >= 4 is 12.0 Å². The molecule has 2 atom stereocenters. The second-order valence-corrected chi connectivity index (χ2v) is 6.00. The third-order valence-corrected chi connectivity index (χ3v) is 3.59. The second kappa shape index (κ2) is 4.40. The molecule has 0 aliphatic carbocycles. The van der Waals surface area contributed by atoms with E-state index in [-0.39, 0.29) is 18.9 Å². The van der Waals surface area contributed by atoms with Crippen LogP contribution in [-0.4, -0.2) is 59.3 Å². The van der Waals surface area contributed by atoms with E-state index in [0.717, 1.165) is 4.90 Å². The van der Waals surface area contributed by atoms with Crippen molar-refractivity contribution in [1.29, 1.82) is 0 Å². The number of nitrogens with zero attached hydrogens (tertiary/aromatic N) is 2. The lowest BCUT2D eigenvalue weighted by atomic mass is 9.70. The van der Waals surface area contributed by atoms with Gasteiger partial charge in [0, 0.05) is 20.5 Å². The molecule has 1 N–H and O–H groups in total. The third-order valence-electron chi connectivity index (χ3n) is 3.59. The van der Waals surface area contributed by atoms with E-state index in [2.05, 4.69) is 0 Å². The standard InChI is InChI=1S/C12H21FN2O3/c1-11(2,3)12(9(16)14(4)5)6-8(13)7-15(12)10(17)18/h8H,6-7H2,1-5H3,(H,17,18)/t8-,12-/m0/s1. The molecule has 1 rings (SSSR count). The van der Waals surface area contributed by atoms with Crippen LogP contribution in [0.4, 0.5) is 9.18 Å². The number of amides is 2. The minimum atomic E-state index is -1.33. The Morgan fingerprint density at radius 1 is 1.39 bits per heavy atom. The Balaban J connectivity index is 3.36. The molecule has 1 fully saturated rings. The van der Waals surface area contributed by atoms with Gasteiger partial charge in [-0.15, -0.1) is 0 Å². The molecular formula is C12H21FN2O3. The van der Waals surface area contributed by atoms with Crippen molar-refractivity contribution in [3.63, 3.8) is 0 Å². The van der Waals surface area contributed by atoms with Gasteiger partial charge in [0.1, 0.15) is 11.7 Å². The number of halogens is 1. The van der Waals surface area contributed by atoms with Crippen molar-refractivity contribution in [3.05, 3.63) is 0 Å². The summed E-state index contributed by atoms with van der Waals surface area (Å²) in [4.78, 5) is 26.0. The van der Waals surface area contributed by atoms with Crippen LogP contribution >= 0.6 is 0 Å². The Labute approximate surface area is 107 Å². The number of rotatable bonds is 1. The molecule has 0 aromatic carbocycles. The molecule has 0 radical (unpaired) electrons. The molecule has 2 amide bonds. The molecule has 0 aromatic heterocycles. The maximum atomic E-state index is 13.7. The summed E-state index contributed by atoms with van der Waals surface area (Å²) < 4.78 is 13.7. The molecule has 0 unspecified atom stereocenters. The topological polar surface area (TPSA) is 60.9 Å². The summed E-state index contributed by atoms with van der Waals surface area (Å²) in [5.41, 5.74) is -2.00. The van der Waals surface area contributed by atoms with E-state index in [0.29, 0.717) is 0 Å². The normalized spacial score (nSPS) is 28.3. The van der Waals surface area contributed by atoms with Gasteiger partial charge in [-0.2, -0.15) is 0 Å². The molecule has 18 heavy (non-hydrogen) atoms. The molecule has 1 aliphatic rings. The van der Waals surface area contributed by atoms with Crippen LogP contribution in [-0.2, 0) is 4.79 Å². The predicted octanol–water partition coefficient (Wildman–Crippen LogP) is 1.58. The number of hydrogen-bond acceptors (Lipinski definition) is 2. The van der Waals surface area contributed by atoms with E-state index in [4.69, 9.17) is 0 Å². The largest absolute Gasteiger partial charge is 0.465 e. The van der Waals surface area contributed by atoms with Crippen molar-refractivity contribution in [2.75, 3.05) is 20.6 Å². The number of likely N-dealkylation sites (tertiary alicyclic amines) is 1. The minimum absolute atomic E-state index is 0.0835. The molecule has 104 valence electrons. The van der Waals surface area contributed by atoms with E-state index in [1.165, 1.54) is 4.90 Å². The van der Waals surface area contributed by atoms with Crippen molar-refractivity contribution in [2.45, 2.75) is 38.9 Å². The second-order valence-electron chi connectivity index (χ2n) is 6.00. The van der Waals surface area contributed by atoms with Crippen molar-refractivity contribution in [1.82, 2.24) is 9.80 Å². The minimum Gasteiger partial charge on any atom is -0.465 e. The van der Waals surface area contributed by atoms with Gasteiger partial charge in [-0.05, 0) is 5.41 Å². The number of likely N-dealkylation sites (N-methyl/N-ethyl adjacent to an activating group) is 1. The van der Waals surface area contributed by atoms with E-state index in [1.807, 2.05) is 0 Å². The molecule has 1 heterocycles. The van der Waals surface area contributed by atoms with Gasteiger partial charge in [0.15, 0.2) is 0 Å². The van der Waals surface area contributed by atoms with Gasteiger partial charge in [-0.1, -0.05) is 20.8 Å².